The monoisotopic (exact) mass is 371 g/mol. The van der Waals surface area contributed by atoms with E-state index in [1.165, 1.54) is 12.1 Å². The predicted molar refractivity (Wildman–Crippen MR) is 106 cm³/mol. The molecule has 0 aliphatic carbocycles. The second kappa shape index (κ2) is 9.16. The van der Waals surface area contributed by atoms with E-state index in [0.717, 1.165) is 11.3 Å². The molecule has 0 aromatic heterocycles. The molecule has 0 radical (unpaired) electrons. The number of halogens is 1. The highest BCUT2D eigenvalue weighted by atomic mass is 19.1. The first-order valence-electron chi connectivity index (χ1n) is 8.88. The molecule has 2 aromatic carbocycles. The molecular formula is C21H26FN3O2. The highest BCUT2D eigenvalue weighted by Crippen LogP contribution is 2.25. The van der Waals surface area contributed by atoms with Gasteiger partial charge >= 0.3 is 0 Å². The smallest absolute Gasteiger partial charge is 0.243 e. The van der Waals surface area contributed by atoms with Crippen LogP contribution in [0.15, 0.2) is 48.5 Å². The molecule has 2 aromatic rings. The third-order valence-corrected chi connectivity index (χ3v) is 4.27. The standard InChI is InChI=1S/C21H26FN3O2/c1-14(2)20(15-5-7-16(22)8-6-15)21(27)23-13-19(26)24-17-9-11-18(12-10-17)25(3)4/h5-12,14,20H,13H2,1-4H3,(H,23,27)(H,24,26). The van der Waals surface area contributed by atoms with Gasteiger partial charge in [-0.3, -0.25) is 9.59 Å². The average Bonchev–Trinajstić information content (AvgIpc) is 2.62. The van der Waals surface area contributed by atoms with Crippen molar-refractivity contribution >= 4 is 23.2 Å². The van der Waals surface area contributed by atoms with Gasteiger partial charge in [0.1, 0.15) is 5.82 Å². The summed E-state index contributed by atoms with van der Waals surface area (Å²) in [5.74, 6) is -1.34. The molecule has 144 valence electrons. The molecule has 6 heteroatoms. The van der Waals surface area contributed by atoms with Crippen molar-refractivity contribution in [2.75, 3.05) is 30.9 Å². The molecule has 0 bridgehead atoms. The van der Waals surface area contributed by atoms with Crippen LogP contribution in [0.1, 0.15) is 25.3 Å². The Balaban J connectivity index is 1.94. The second-order valence-corrected chi connectivity index (χ2v) is 6.98. The zero-order chi connectivity index (χ0) is 20.0. The molecular weight excluding hydrogens is 345 g/mol. The van der Waals surface area contributed by atoms with Crippen molar-refractivity contribution in [2.24, 2.45) is 5.92 Å². The van der Waals surface area contributed by atoms with E-state index in [1.54, 1.807) is 12.1 Å². The molecule has 0 saturated heterocycles. The number of benzene rings is 2. The number of nitrogens with one attached hydrogen (secondary N) is 2. The minimum atomic E-state index is -0.447. The maximum Gasteiger partial charge on any atom is 0.243 e. The van der Waals surface area contributed by atoms with E-state index in [2.05, 4.69) is 10.6 Å². The van der Waals surface area contributed by atoms with E-state index >= 15 is 0 Å². The van der Waals surface area contributed by atoms with Crippen LogP contribution in [0.4, 0.5) is 15.8 Å². The van der Waals surface area contributed by atoms with Gasteiger partial charge in [0, 0.05) is 25.5 Å². The van der Waals surface area contributed by atoms with Crippen molar-refractivity contribution < 1.29 is 14.0 Å². The molecule has 0 heterocycles. The summed E-state index contributed by atoms with van der Waals surface area (Å²) in [7, 11) is 3.88. The Bertz CT molecular complexity index is 771. The van der Waals surface area contributed by atoms with Gasteiger partial charge in [-0.05, 0) is 47.9 Å². The fourth-order valence-electron chi connectivity index (χ4n) is 2.83. The highest BCUT2D eigenvalue weighted by Gasteiger charge is 2.24. The lowest BCUT2D eigenvalue weighted by Crippen LogP contribution is -2.37. The topological polar surface area (TPSA) is 61.4 Å². The predicted octanol–water partition coefficient (Wildman–Crippen LogP) is 3.39. The van der Waals surface area contributed by atoms with Gasteiger partial charge in [0.2, 0.25) is 11.8 Å². The lowest BCUT2D eigenvalue weighted by molar-refractivity contribution is -0.126. The van der Waals surface area contributed by atoms with E-state index in [4.69, 9.17) is 0 Å². The van der Waals surface area contributed by atoms with Crippen LogP contribution in [0.25, 0.3) is 0 Å². The summed E-state index contributed by atoms with van der Waals surface area (Å²) in [5.41, 5.74) is 2.42. The highest BCUT2D eigenvalue weighted by molar-refractivity contribution is 5.95. The Kier molecular flexibility index (Phi) is 6.93. The minimum absolute atomic E-state index is 0.0112. The summed E-state index contributed by atoms with van der Waals surface area (Å²) in [6.07, 6.45) is 0. The zero-order valence-corrected chi connectivity index (χ0v) is 16.1. The Labute approximate surface area is 159 Å². The summed E-state index contributed by atoms with van der Waals surface area (Å²) in [6, 6.07) is 13.3. The molecule has 5 nitrogen and oxygen atoms in total. The third-order valence-electron chi connectivity index (χ3n) is 4.27. The van der Waals surface area contributed by atoms with Crippen molar-refractivity contribution in [3.63, 3.8) is 0 Å². The normalized spacial score (nSPS) is 11.8. The molecule has 0 saturated carbocycles. The van der Waals surface area contributed by atoms with Gasteiger partial charge in [0.25, 0.3) is 0 Å². The van der Waals surface area contributed by atoms with Gasteiger partial charge in [0.05, 0.1) is 12.5 Å². The third kappa shape index (κ3) is 5.81. The lowest BCUT2D eigenvalue weighted by Gasteiger charge is -2.20. The van der Waals surface area contributed by atoms with Crippen LogP contribution in [0.5, 0.6) is 0 Å². The summed E-state index contributed by atoms with van der Waals surface area (Å²) in [5, 5.41) is 5.43. The van der Waals surface area contributed by atoms with Crippen LogP contribution in [0.3, 0.4) is 0 Å². The molecule has 2 amide bonds. The second-order valence-electron chi connectivity index (χ2n) is 6.98. The molecule has 0 aliphatic rings. The molecule has 1 atom stereocenters. The van der Waals surface area contributed by atoms with Crippen molar-refractivity contribution in [1.82, 2.24) is 5.32 Å². The van der Waals surface area contributed by atoms with Gasteiger partial charge in [-0.15, -0.1) is 0 Å². The quantitative estimate of drug-likeness (QED) is 0.784. The number of hydrogen-bond acceptors (Lipinski definition) is 3. The largest absolute Gasteiger partial charge is 0.378 e. The van der Waals surface area contributed by atoms with Crippen molar-refractivity contribution in [1.29, 1.82) is 0 Å². The van der Waals surface area contributed by atoms with E-state index in [9.17, 15) is 14.0 Å². The van der Waals surface area contributed by atoms with E-state index in [0.29, 0.717) is 5.69 Å². The van der Waals surface area contributed by atoms with Crippen molar-refractivity contribution in [2.45, 2.75) is 19.8 Å². The van der Waals surface area contributed by atoms with Crippen LogP contribution >= 0.6 is 0 Å². The summed E-state index contributed by atoms with van der Waals surface area (Å²) >= 11 is 0. The molecule has 0 spiro atoms. The van der Waals surface area contributed by atoms with Crippen LogP contribution in [-0.4, -0.2) is 32.5 Å². The minimum Gasteiger partial charge on any atom is -0.378 e. The first kappa shape index (κ1) is 20.4. The summed E-state index contributed by atoms with van der Waals surface area (Å²) < 4.78 is 13.1. The van der Waals surface area contributed by atoms with Crippen LogP contribution in [0, 0.1) is 11.7 Å². The lowest BCUT2D eigenvalue weighted by atomic mass is 9.87. The Morgan fingerprint density at radius 1 is 1.00 bits per heavy atom. The van der Waals surface area contributed by atoms with E-state index < -0.39 is 5.92 Å². The van der Waals surface area contributed by atoms with Gasteiger partial charge < -0.3 is 15.5 Å². The fourth-order valence-corrected chi connectivity index (χ4v) is 2.83. The molecule has 2 rings (SSSR count). The number of amides is 2. The number of rotatable bonds is 7. The van der Waals surface area contributed by atoms with Gasteiger partial charge in [0.15, 0.2) is 0 Å². The number of anilines is 2. The maximum absolute atomic E-state index is 13.1. The van der Waals surface area contributed by atoms with Gasteiger partial charge in [-0.1, -0.05) is 26.0 Å². The van der Waals surface area contributed by atoms with Crippen molar-refractivity contribution in [3.8, 4) is 0 Å². The molecule has 2 N–H and O–H groups in total. The fraction of sp³-hybridized carbons (Fsp3) is 0.333. The Morgan fingerprint density at radius 3 is 2.11 bits per heavy atom. The first-order chi connectivity index (χ1) is 12.8. The number of carbonyl (C=O) groups is 2. The van der Waals surface area contributed by atoms with E-state index in [-0.39, 0.29) is 30.1 Å². The zero-order valence-electron chi connectivity index (χ0n) is 16.1. The SMILES string of the molecule is CC(C)C(C(=O)NCC(=O)Nc1ccc(N(C)C)cc1)c1ccc(F)cc1. The number of carbonyl (C=O) groups excluding carboxylic acids is 2. The molecule has 27 heavy (non-hydrogen) atoms. The first-order valence-corrected chi connectivity index (χ1v) is 8.88. The molecule has 0 fully saturated rings. The molecule has 1 unspecified atom stereocenters. The number of nitrogens with zero attached hydrogens (tertiary/aromatic N) is 1. The maximum atomic E-state index is 13.1. The van der Waals surface area contributed by atoms with Crippen LogP contribution in [-0.2, 0) is 9.59 Å². The number of hydrogen-bond donors (Lipinski definition) is 2. The van der Waals surface area contributed by atoms with Crippen LogP contribution < -0.4 is 15.5 Å². The summed E-state index contributed by atoms with van der Waals surface area (Å²) in [6.45, 7) is 3.71. The van der Waals surface area contributed by atoms with Crippen LogP contribution in [0.2, 0.25) is 0 Å². The van der Waals surface area contributed by atoms with Gasteiger partial charge in [-0.2, -0.15) is 0 Å². The van der Waals surface area contributed by atoms with E-state index in [1.807, 2.05) is 57.1 Å². The Hall–Kier alpha value is -2.89. The average molecular weight is 371 g/mol. The Morgan fingerprint density at radius 2 is 1.59 bits per heavy atom. The van der Waals surface area contributed by atoms with Crippen molar-refractivity contribution in [3.05, 3.63) is 59.9 Å². The molecule has 0 aliphatic heterocycles. The van der Waals surface area contributed by atoms with Gasteiger partial charge in [-0.25, -0.2) is 4.39 Å². The summed E-state index contributed by atoms with van der Waals surface area (Å²) in [4.78, 5) is 26.6.